The number of nitrogens with one attached hydrogen (secondary N) is 1. The summed E-state index contributed by atoms with van der Waals surface area (Å²) in [5.41, 5.74) is 2.02. The van der Waals surface area contributed by atoms with Gasteiger partial charge >= 0.3 is 0 Å². The lowest BCUT2D eigenvalue weighted by molar-refractivity contribution is 0.0140. The van der Waals surface area contributed by atoms with E-state index in [1.807, 2.05) is 31.3 Å². The Hall–Kier alpha value is -0.900. The molecular formula is C14H23NO2. The van der Waals surface area contributed by atoms with Crippen LogP contribution in [0.15, 0.2) is 24.3 Å². The molecule has 0 heterocycles. The molecule has 0 radical (unpaired) electrons. The van der Waals surface area contributed by atoms with Gasteiger partial charge in [-0.3, -0.25) is 0 Å². The third-order valence-electron chi connectivity index (χ3n) is 3.00. The Kier molecular flexibility index (Phi) is 5.62. The molecule has 2 atom stereocenters. The highest BCUT2D eigenvalue weighted by Crippen LogP contribution is 2.21. The van der Waals surface area contributed by atoms with E-state index in [0.29, 0.717) is 18.9 Å². The van der Waals surface area contributed by atoms with E-state index in [9.17, 15) is 10.2 Å². The zero-order chi connectivity index (χ0) is 12.8. The molecule has 1 aromatic rings. The van der Waals surface area contributed by atoms with E-state index in [2.05, 4.69) is 19.2 Å². The number of benzene rings is 1. The van der Waals surface area contributed by atoms with Gasteiger partial charge in [0.25, 0.3) is 0 Å². The van der Waals surface area contributed by atoms with E-state index in [0.717, 1.165) is 5.56 Å². The third kappa shape index (κ3) is 4.11. The minimum absolute atomic E-state index is 0.482. The van der Waals surface area contributed by atoms with Gasteiger partial charge in [-0.2, -0.15) is 0 Å². The molecule has 0 aliphatic carbocycles. The molecule has 0 amide bonds. The maximum Gasteiger partial charge on any atom is 0.105 e. The van der Waals surface area contributed by atoms with Crippen molar-refractivity contribution in [2.24, 2.45) is 0 Å². The van der Waals surface area contributed by atoms with E-state index in [4.69, 9.17) is 0 Å². The minimum Gasteiger partial charge on any atom is -0.390 e. The monoisotopic (exact) mass is 237 g/mol. The van der Waals surface area contributed by atoms with Crippen LogP contribution in [-0.2, 0) is 0 Å². The number of rotatable bonds is 6. The second-order valence-electron chi connectivity index (χ2n) is 4.73. The Labute approximate surface area is 103 Å². The Morgan fingerprint density at radius 2 is 1.59 bits per heavy atom. The van der Waals surface area contributed by atoms with Gasteiger partial charge in [-0.05, 0) is 37.1 Å². The van der Waals surface area contributed by atoms with Crippen LogP contribution in [0.25, 0.3) is 0 Å². The smallest absolute Gasteiger partial charge is 0.105 e. The average Bonchev–Trinajstić information content (AvgIpc) is 2.35. The van der Waals surface area contributed by atoms with Crippen LogP contribution in [-0.4, -0.2) is 29.9 Å². The first kappa shape index (κ1) is 14.2. The van der Waals surface area contributed by atoms with E-state index in [-0.39, 0.29) is 0 Å². The highest BCUT2D eigenvalue weighted by Gasteiger charge is 2.17. The van der Waals surface area contributed by atoms with Crippen LogP contribution in [0.1, 0.15) is 43.4 Å². The summed E-state index contributed by atoms with van der Waals surface area (Å²) in [6, 6.07) is 7.80. The van der Waals surface area contributed by atoms with Crippen molar-refractivity contribution in [3.63, 3.8) is 0 Å². The number of hydrogen-bond donors (Lipinski definition) is 3. The minimum atomic E-state index is -0.801. The zero-order valence-electron chi connectivity index (χ0n) is 10.9. The molecule has 0 bridgehead atoms. The van der Waals surface area contributed by atoms with Gasteiger partial charge in [-0.15, -0.1) is 0 Å². The molecule has 1 aromatic carbocycles. The summed E-state index contributed by atoms with van der Waals surface area (Å²) in [6.45, 7) is 4.96. The van der Waals surface area contributed by atoms with Crippen molar-refractivity contribution in [2.45, 2.75) is 38.4 Å². The maximum absolute atomic E-state index is 9.97. The molecule has 0 spiro atoms. The topological polar surface area (TPSA) is 52.5 Å². The molecule has 0 saturated carbocycles. The molecule has 0 fully saturated rings. The average molecular weight is 237 g/mol. The third-order valence-corrected chi connectivity index (χ3v) is 3.00. The summed E-state index contributed by atoms with van der Waals surface area (Å²) in [7, 11) is 1.83. The van der Waals surface area contributed by atoms with Crippen molar-refractivity contribution in [2.75, 3.05) is 13.6 Å². The fraction of sp³-hybridized carbons (Fsp3) is 0.571. The molecule has 3 N–H and O–H groups in total. The van der Waals surface area contributed by atoms with Crippen molar-refractivity contribution >= 4 is 0 Å². The largest absolute Gasteiger partial charge is 0.390 e. The SMILES string of the molecule is CNCCC(O)C(O)c1ccc(C(C)C)cc1. The van der Waals surface area contributed by atoms with Crippen LogP contribution >= 0.6 is 0 Å². The molecule has 17 heavy (non-hydrogen) atoms. The number of aliphatic hydroxyl groups is 2. The Morgan fingerprint density at radius 3 is 2.06 bits per heavy atom. The van der Waals surface area contributed by atoms with Gasteiger partial charge < -0.3 is 15.5 Å². The highest BCUT2D eigenvalue weighted by molar-refractivity contribution is 5.26. The fourth-order valence-electron chi connectivity index (χ4n) is 1.75. The Bertz CT molecular complexity index is 321. The first-order valence-electron chi connectivity index (χ1n) is 6.16. The molecule has 3 nitrogen and oxygen atoms in total. The van der Waals surface area contributed by atoms with Gasteiger partial charge in [0.2, 0.25) is 0 Å². The summed E-state index contributed by atoms with van der Waals surface area (Å²) in [5, 5.41) is 22.7. The van der Waals surface area contributed by atoms with Crippen molar-refractivity contribution in [1.82, 2.24) is 5.32 Å². The molecule has 3 heteroatoms. The molecular weight excluding hydrogens is 214 g/mol. The first-order chi connectivity index (χ1) is 8.06. The predicted octanol–water partition coefficient (Wildman–Crippen LogP) is 1.81. The van der Waals surface area contributed by atoms with Crippen LogP contribution in [0.4, 0.5) is 0 Å². The fourth-order valence-corrected chi connectivity index (χ4v) is 1.75. The molecule has 2 unspecified atom stereocenters. The van der Waals surface area contributed by atoms with Crippen LogP contribution in [0, 0.1) is 0 Å². The second kappa shape index (κ2) is 6.74. The van der Waals surface area contributed by atoms with E-state index in [1.165, 1.54) is 5.56 Å². The molecule has 96 valence electrons. The van der Waals surface area contributed by atoms with Crippen molar-refractivity contribution in [3.05, 3.63) is 35.4 Å². The predicted molar refractivity (Wildman–Crippen MR) is 70.0 cm³/mol. The van der Waals surface area contributed by atoms with Crippen molar-refractivity contribution < 1.29 is 10.2 Å². The zero-order valence-corrected chi connectivity index (χ0v) is 10.9. The van der Waals surface area contributed by atoms with E-state index in [1.54, 1.807) is 0 Å². The normalized spacial score (nSPS) is 14.9. The molecule has 0 aromatic heterocycles. The molecule has 0 aliphatic heterocycles. The van der Waals surface area contributed by atoms with Gasteiger partial charge in [0.1, 0.15) is 6.10 Å². The van der Waals surface area contributed by atoms with Crippen molar-refractivity contribution in [1.29, 1.82) is 0 Å². The molecule has 0 aliphatic rings. The summed E-state index contributed by atoms with van der Waals surface area (Å²) in [6.07, 6.45) is -0.972. The Morgan fingerprint density at radius 1 is 1.06 bits per heavy atom. The highest BCUT2D eigenvalue weighted by atomic mass is 16.3. The lowest BCUT2D eigenvalue weighted by Gasteiger charge is -2.18. The van der Waals surface area contributed by atoms with Crippen LogP contribution in [0.2, 0.25) is 0 Å². The Balaban J connectivity index is 2.65. The lowest BCUT2D eigenvalue weighted by atomic mass is 9.97. The van der Waals surface area contributed by atoms with E-state index >= 15 is 0 Å². The van der Waals surface area contributed by atoms with Gasteiger partial charge in [-0.1, -0.05) is 38.1 Å². The van der Waals surface area contributed by atoms with E-state index < -0.39 is 12.2 Å². The summed E-state index contributed by atoms with van der Waals surface area (Å²) in [4.78, 5) is 0. The first-order valence-corrected chi connectivity index (χ1v) is 6.16. The van der Waals surface area contributed by atoms with Crippen LogP contribution in [0.3, 0.4) is 0 Å². The molecule has 1 rings (SSSR count). The summed E-state index contributed by atoms with van der Waals surface area (Å²) >= 11 is 0. The standard InChI is InChI=1S/C14H23NO2/c1-10(2)11-4-6-12(7-5-11)14(17)13(16)8-9-15-3/h4-7,10,13-17H,8-9H2,1-3H3. The molecule has 0 saturated heterocycles. The van der Waals surface area contributed by atoms with Gasteiger partial charge in [-0.25, -0.2) is 0 Å². The summed E-state index contributed by atoms with van der Waals surface area (Å²) in [5.74, 6) is 0.482. The van der Waals surface area contributed by atoms with Crippen LogP contribution < -0.4 is 5.32 Å². The van der Waals surface area contributed by atoms with Gasteiger partial charge in [0, 0.05) is 0 Å². The van der Waals surface area contributed by atoms with Gasteiger partial charge in [0.05, 0.1) is 6.10 Å². The quantitative estimate of drug-likeness (QED) is 0.707. The second-order valence-corrected chi connectivity index (χ2v) is 4.73. The number of aliphatic hydroxyl groups excluding tert-OH is 2. The maximum atomic E-state index is 9.97. The summed E-state index contributed by atoms with van der Waals surface area (Å²) < 4.78 is 0. The van der Waals surface area contributed by atoms with Crippen molar-refractivity contribution in [3.8, 4) is 0 Å². The van der Waals surface area contributed by atoms with Crippen LogP contribution in [0.5, 0.6) is 0 Å². The number of hydrogen-bond acceptors (Lipinski definition) is 3. The lowest BCUT2D eigenvalue weighted by Crippen LogP contribution is -2.23. The van der Waals surface area contributed by atoms with Gasteiger partial charge in [0.15, 0.2) is 0 Å².